The number of carbonyl (C=O) groups excluding carboxylic acids is 1. The maximum Gasteiger partial charge on any atom is 0.410 e. The number of hydrogen-bond acceptors (Lipinski definition) is 6. The summed E-state index contributed by atoms with van der Waals surface area (Å²) in [6.07, 6.45) is 1.61. The number of unbranched alkanes of at least 4 members (excludes halogenated alkanes) is 1. The van der Waals surface area contributed by atoms with Gasteiger partial charge >= 0.3 is 12.1 Å². The van der Waals surface area contributed by atoms with E-state index in [2.05, 4.69) is 6.92 Å². The van der Waals surface area contributed by atoms with Crippen LogP contribution in [0.5, 0.6) is 5.75 Å². The maximum absolute atomic E-state index is 12.5. The molecule has 0 saturated heterocycles. The molecule has 1 N–H and O–H groups in total. The predicted octanol–water partition coefficient (Wildman–Crippen LogP) is 4.93. The minimum atomic E-state index is -0.973. The van der Waals surface area contributed by atoms with Crippen LogP contribution in [0, 0.1) is 0 Å². The van der Waals surface area contributed by atoms with Gasteiger partial charge in [0.25, 0.3) is 0 Å². The normalized spacial score (nSPS) is 12.4. The fraction of sp³-hybridized carbons (Fsp3) is 0.692. The lowest BCUT2D eigenvalue weighted by molar-refractivity contribution is -0.153. The van der Waals surface area contributed by atoms with Crippen LogP contribution >= 0.6 is 0 Å². The molecule has 1 aromatic rings. The number of benzene rings is 1. The van der Waals surface area contributed by atoms with Crippen LogP contribution in [0.2, 0.25) is 0 Å². The van der Waals surface area contributed by atoms with Gasteiger partial charge in [0.2, 0.25) is 0 Å². The van der Waals surface area contributed by atoms with Crippen LogP contribution in [0.25, 0.3) is 0 Å². The molecule has 0 bridgehead atoms. The van der Waals surface area contributed by atoms with Gasteiger partial charge in [-0.3, -0.25) is 0 Å². The molecule has 0 fully saturated rings. The maximum atomic E-state index is 12.5. The zero-order valence-corrected chi connectivity index (χ0v) is 21.7. The third kappa shape index (κ3) is 13.4. The van der Waals surface area contributed by atoms with Crippen LogP contribution in [0.3, 0.4) is 0 Å². The quantitative estimate of drug-likeness (QED) is 0.335. The van der Waals surface area contributed by atoms with Gasteiger partial charge in [0.05, 0.1) is 19.3 Å². The highest BCUT2D eigenvalue weighted by molar-refractivity contribution is 5.72. The Morgan fingerprint density at radius 3 is 2.24 bits per heavy atom. The van der Waals surface area contributed by atoms with Crippen LogP contribution < -0.4 is 4.74 Å². The molecule has 34 heavy (non-hydrogen) atoms. The van der Waals surface area contributed by atoms with Crippen molar-refractivity contribution < 1.29 is 33.6 Å². The van der Waals surface area contributed by atoms with Crippen molar-refractivity contribution in [2.24, 2.45) is 0 Å². The summed E-state index contributed by atoms with van der Waals surface area (Å²) in [5.41, 5.74) is 0.302. The smallest absolute Gasteiger partial charge is 0.410 e. The van der Waals surface area contributed by atoms with Crippen molar-refractivity contribution in [2.45, 2.75) is 85.0 Å². The highest BCUT2D eigenvalue weighted by atomic mass is 16.6. The zero-order chi connectivity index (χ0) is 25.6. The van der Waals surface area contributed by atoms with E-state index in [1.54, 1.807) is 4.90 Å². The van der Waals surface area contributed by atoms with Crippen molar-refractivity contribution in [1.29, 1.82) is 0 Å². The lowest BCUT2D eigenvalue weighted by Gasteiger charge is -2.27. The van der Waals surface area contributed by atoms with Gasteiger partial charge < -0.3 is 29.0 Å². The third-order valence-electron chi connectivity index (χ3n) is 4.70. The third-order valence-corrected chi connectivity index (χ3v) is 4.70. The van der Waals surface area contributed by atoms with Gasteiger partial charge in [-0.25, -0.2) is 9.59 Å². The summed E-state index contributed by atoms with van der Waals surface area (Å²) in [6, 6.07) is 7.32. The van der Waals surface area contributed by atoms with E-state index < -0.39 is 17.7 Å². The molecular formula is C26H43NO7. The second kappa shape index (κ2) is 15.6. The molecule has 8 nitrogen and oxygen atoms in total. The van der Waals surface area contributed by atoms with Gasteiger partial charge in [-0.05, 0) is 65.2 Å². The topological polar surface area (TPSA) is 94.5 Å². The van der Waals surface area contributed by atoms with Crippen molar-refractivity contribution in [3.63, 3.8) is 0 Å². The van der Waals surface area contributed by atoms with Gasteiger partial charge in [0.15, 0.2) is 6.10 Å². The molecule has 0 aliphatic carbocycles. The van der Waals surface area contributed by atoms with Gasteiger partial charge in [-0.2, -0.15) is 0 Å². The Morgan fingerprint density at radius 1 is 1.00 bits per heavy atom. The van der Waals surface area contributed by atoms with Gasteiger partial charge in [-0.15, -0.1) is 0 Å². The molecule has 1 atom stereocenters. The molecule has 1 rings (SSSR count). The number of carboxylic acid groups (broad SMARTS) is 1. The standard InChI is InChI=1S/C26H43NO7/c1-7-8-16-31-18-15-27(25(30)34-26(4,5)6)14-9-17-32-22-12-10-21(11-13-22)19-23(24(28)29)33-20(2)3/h10-13,20,23H,7-9,14-19H2,1-6H3,(H,28,29). The summed E-state index contributed by atoms with van der Waals surface area (Å²) in [4.78, 5) is 25.6. The number of carbonyl (C=O) groups is 2. The molecule has 1 aromatic carbocycles. The molecule has 0 aromatic heterocycles. The molecule has 194 valence electrons. The van der Waals surface area contributed by atoms with Gasteiger partial charge in [0, 0.05) is 26.1 Å². The first-order valence-electron chi connectivity index (χ1n) is 12.2. The van der Waals surface area contributed by atoms with Crippen molar-refractivity contribution in [3.8, 4) is 5.75 Å². The van der Waals surface area contributed by atoms with Crippen LogP contribution in [0.15, 0.2) is 24.3 Å². The van der Waals surface area contributed by atoms with Crippen molar-refractivity contribution in [3.05, 3.63) is 29.8 Å². The highest BCUT2D eigenvalue weighted by Crippen LogP contribution is 2.16. The number of rotatable bonds is 16. The fourth-order valence-electron chi connectivity index (χ4n) is 3.05. The molecule has 0 radical (unpaired) electrons. The van der Waals surface area contributed by atoms with E-state index in [-0.39, 0.29) is 12.2 Å². The first-order valence-corrected chi connectivity index (χ1v) is 12.2. The van der Waals surface area contributed by atoms with Crippen LogP contribution in [-0.4, -0.2) is 72.8 Å². The first-order chi connectivity index (χ1) is 16.0. The lowest BCUT2D eigenvalue weighted by Crippen LogP contribution is -2.39. The Morgan fingerprint density at radius 2 is 1.68 bits per heavy atom. The minimum Gasteiger partial charge on any atom is -0.494 e. The predicted molar refractivity (Wildman–Crippen MR) is 131 cm³/mol. The zero-order valence-electron chi connectivity index (χ0n) is 21.7. The fourth-order valence-corrected chi connectivity index (χ4v) is 3.05. The van der Waals surface area contributed by atoms with E-state index in [0.717, 1.165) is 18.4 Å². The molecule has 1 unspecified atom stereocenters. The second-order valence-corrected chi connectivity index (χ2v) is 9.50. The summed E-state index contributed by atoms with van der Waals surface area (Å²) in [5.74, 6) is -0.286. The molecule has 0 heterocycles. The molecule has 0 spiro atoms. The largest absolute Gasteiger partial charge is 0.494 e. The lowest BCUT2D eigenvalue weighted by atomic mass is 10.1. The van der Waals surface area contributed by atoms with Crippen LogP contribution in [0.1, 0.15) is 66.4 Å². The summed E-state index contributed by atoms with van der Waals surface area (Å²) in [6.45, 7) is 13.8. The Bertz CT molecular complexity index is 713. The summed E-state index contributed by atoms with van der Waals surface area (Å²) in [7, 11) is 0. The number of amides is 1. The van der Waals surface area contributed by atoms with E-state index >= 15 is 0 Å². The van der Waals surface area contributed by atoms with E-state index in [0.29, 0.717) is 51.5 Å². The van der Waals surface area contributed by atoms with Gasteiger partial charge in [0.1, 0.15) is 11.4 Å². The Labute approximate surface area is 204 Å². The van der Waals surface area contributed by atoms with E-state index in [9.17, 15) is 14.7 Å². The summed E-state index contributed by atoms with van der Waals surface area (Å²) in [5, 5.41) is 9.33. The SMILES string of the molecule is CCCCOCCN(CCCOc1ccc(CC(OC(C)C)C(=O)O)cc1)C(=O)OC(C)(C)C. The number of nitrogens with zero attached hydrogens (tertiary/aromatic N) is 1. The van der Waals surface area contributed by atoms with Crippen LogP contribution in [0.4, 0.5) is 4.79 Å². The average Bonchev–Trinajstić information content (AvgIpc) is 2.74. The van der Waals surface area contributed by atoms with E-state index in [4.69, 9.17) is 18.9 Å². The second-order valence-electron chi connectivity index (χ2n) is 9.50. The molecular weight excluding hydrogens is 438 g/mol. The monoisotopic (exact) mass is 481 g/mol. The minimum absolute atomic E-state index is 0.160. The summed E-state index contributed by atoms with van der Waals surface area (Å²) < 4.78 is 22.4. The van der Waals surface area contributed by atoms with Crippen molar-refractivity contribution in [2.75, 3.05) is 32.9 Å². The van der Waals surface area contributed by atoms with E-state index in [1.807, 2.05) is 58.9 Å². The molecule has 0 saturated carbocycles. The Balaban J connectivity index is 2.52. The van der Waals surface area contributed by atoms with Crippen LogP contribution in [-0.2, 0) is 25.4 Å². The van der Waals surface area contributed by atoms with Crippen molar-refractivity contribution >= 4 is 12.1 Å². The number of ether oxygens (including phenoxy) is 4. The van der Waals surface area contributed by atoms with Gasteiger partial charge in [-0.1, -0.05) is 25.5 Å². The molecule has 0 aliphatic rings. The number of hydrogen-bond donors (Lipinski definition) is 1. The Hall–Kier alpha value is -2.32. The number of carboxylic acids is 1. The highest BCUT2D eigenvalue weighted by Gasteiger charge is 2.22. The number of aliphatic carboxylic acids is 1. The average molecular weight is 482 g/mol. The van der Waals surface area contributed by atoms with E-state index in [1.165, 1.54) is 0 Å². The molecule has 8 heteroatoms. The molecule has 0 aliphatic heterocycles. The molecule has 1 amide bonds. The van der Waals surface area contributed by atoms with Crippen molar-refractivity contribution in [1.82, 2.24) is 4.90 Å². The summed E-state index contributed by atoms with van der Waals surface area (Å²) >= 11 is 0. The first kappa shape index (κ1) is 29.7. The Kier molecular flexibility index (Phi) is 13.6.